The molecule has 0 aliphatic carbocycles. The summed E-state index contributed by atoms with van der Waals surface area (Å²) >= 11 is 5.98. The summed E-state index contributed by atoms with van der Waals surface area (Å²) in [6, 6.07) is 6.44. The Labute approximate surface area is 248 Å². The lowest BCUT2D eigenvalue weighted by atomic mass is 10.1. The van der Waals surface area contributed by atoms with Crippen molar-refractivity contribution < 1.29 is 23.4 Å². The Hall–Kier alpha value is -2.72. The molecular formula is C28H44ClN6O5P. The molecule has 0 fully saturated rings. The fourth-order valence-electron chi connectivity index (χ4n) is 3.68. The lowest BCUT2D eigenvalue weighted by Gasteiger charge is -2.30. The molecule has 228 valence electrons. The highest BCUT2D eigenvalue weighted by Crippen LogP contribution is 2.45. The van der Waals surface area contributed by atoms with Gasteiger partial charge in [-0.3, -0.25) is 9.36 Å². The first-order chi connectivity index (χ1) is 19.4. The number of hydrogen-bond donors (Lipinski definition) is 2. The number of hydrogen-bond acceptors (Lipinski definition) is 9. The second-order valence-corrected chi connectivity index (χ2v) is 12.7. The number of aromatic nitrogens is 4. The van der Waals surface area contributed by atoms with E-state index in [1.54, 1.807) is 49.0 Å². The van der Waals surface area contributed by atoms with E-state index in [0.29, 0.717) is 35.1 Å². The van der Waals surface area contributed by atoms with Crippen molar-refractivity contribution in [2.75, 3.05) is 18.7 Å². The zero-order valence-corrected chi connectivity index (χ0v) is 26.6. The van der Waals surface area contributed by atoms with E-state index in [-0.39, 0.29) is 12.2 Å². The highest BCUT2D eigenvalue weighted by atomic mass is 35.5. The number of esters is 1. The van der Waals surface area contributed by atoms with Gasteiger partial charge in [0.1, 0.15) is 29.5 Å². The van der Waals surface area contributed by atoms with Gasteiger partial charge in [-0.1, -0.05) is 58.1 Å². The van der Waals surface area contributed by atoms with Gasteiger partial charge in [0.25, 0.3) is 0 Å². The summed E-state index contributed by atoms with van der Waals surface area (Å²) in [5.74, 6) is 0.0778. The van der Waals surface area contributed by atoms with Crippen molar-refractivity contribution >= 4 is 42.1 Å². The van der Waals surface area contributed by atoms with Gasteiger partial charge in [0.05, 0.1) is 25.6 Å². The van der Waals surface area contributed by atoms with Crippen molar-refractivity contribution in [2.45, 2.75) is 91.8 Å². The Morgan fingerprint density at radius 3 is 2.46 bits per heavy atom. The van der Waals surface area contributed by atoms with Crippen molar-refractivity contribution in [2.24, 2.45) is 0 Å². The van der Waals surface area contributed by atoms with E-state index in [1.807, 2.05) is 6.92 Å². The average Bonchev–Trinajstić information content (AvgIpc) is 3.32. The molecule has 0 spiro atoms. The SMILES string of the molecule is CCC.CCCCCCOC(=O)C(C)(C)NP(=O)(COC(C)Cn1cnc2c(N)ncnc21)Oc1ccc(Cl)cc1. The van der Waals surface area contributed by atoms with Crippen LogP contribution >= 0.6 is 19.1 Å². The van der Waals surface area contributed by atoms with E-state index in [0.717, 1.165) is 25.7 Å². The molecule has 0 saturated carbocycles. The van der Waals surface area contributed by atoms with Gasteiger partial charge in [0.15, 0.2) is 11.5 Å². The predicted molar refractivity (Wildman–Crippen MR) is 163 cm³/mol. The fraction of sp³-hybridized carbons (Fsp3) is 0.571. The molecule has 0 saturated heterocycles. The summed E-state index contributed by atoms with van der Waals surface area (Å²) < 4.78 is 33.1. The van der Waals surface area contributed by atoms with Gasteiger partial charge < -0.3 is 24.3 Å². The van der Waals surface area contributed by atoms with Crippen LogP contribution < -0.4 is 15.3 Å². The van der Waals surface area contributed by atoms with E-state index in [1.165, 1.54) is 12.7 Å². The van der Waals surface area contributed by atoms with Gasteiger partial charge >= 0.3 is 13.5 Å². The number of benzene rings is 1. The molecule has 0 radical (unpaired) electrons. The molecule has 2 atom stereocenters. The van der Waals surface area contributed by atoms with Crippen LogP contribution in [0.4, 0.5) is 5.82 Å². The molecule has 11 nitrogen and oxygen atoms in total. The number of nitrogens with zero attached hydrogens (tertiary/aromatic N) is 4. The Kier molecular flexibility index (Phi) is 14.0. The number of anilines is 1. The van der Waals surface area contributed by atoms with E-state index in [2.05, 4.69) is 40.8 Å². The van der Waals surface area contributed by atoms with Crippen LogP contribution in [-0.2, 0) is 25.4 Å². The first-order valence-electron chi connectivity index (χ1n) is 14.0. The molecule has 2 unspecified atom stereocenters. The lowest BCUT2D eigenvalue weighted by molar-refractivity contribution is -0.149. The summed E-state index contributed by atoms with van der Waals surface area (Å²) in [6.45, 7) is 12.0. The summed E-state index contributed by atoms with van der Waals surface area (Å²) in [4.78, 5) is 25.3. The highest BCUT2D eigenvalue weighted by Gasteiger charge is 2.39. The standard InChI is InChI=1S/C25H36ClN6O5P.C3H8/c1-5-6-7-8-13-35-24(33)25(3,4)31-38(34,37-20-11-9-19(26)10-12-20)17-36-18(2)14-32-16-30-21-22(27)28-15-29-23(21)32;1-3-2/h9-12,15-16,18H,5-8,13-14,17H2,1-4H3,(H,31,34)(H2,27,28,29);3H2,1-2H3. The van der Waals surface area contributed by atoms with Crippen LogP contribution in [0, 0.1) is 0 Å². The summed E-state index contributed by atoms with van der Waals surface area (Å²) in [6.07, 6.45) is 7.40. The minimum Gasteiger partial charge on any atom is -0.464 e. The second kappa shape index (κ2) is 16.7. The molecule has 3 N–H and O–H groups in total. The maximum atomic E-state index is 14.0. The zero-order chi connectivity index (χ0) is 30.5. The topological polar surface area (TPSA) is 143 Å². The van der Waals surface area contributed by atoms with Crippen molar-refractivity contribution in [3.05, 3.63) is 41.9 Å². The predicted octanol–water partition coefficient (Wildman–Crippen LogP) is 6.60. The van der Waals surface area contributed by atoms with Gasteiger partial charge in [0, 0.05) is 5.02 Å². The molecule has 2 aromatic heterocycles. The first kappa shape index (κ1) is 34.5. The number of unbranched alkanes of at least 4 members (excludes halogenated alkanes) is 3. The number of halogens is 1. The lowest BCUT2D eigenvalue weighted by Crippen LogP contribution is -2.47. The maximum Gasteiger partial charge on any atom is 0.342 e. The number of fused-ring (bicyclic) bond motifs is 1. The minimum absolute atomic E-state index is 0.284. The first-order valence-corrected chi connectivity index (χ1v) is 16.2. The van der Waals surface area contributed by atoms with E-state index in [4.69, 9.17) is 31.3 Å². The number of nitrogens with two attached hydrogens (primary N) is 1. The number of nitrogen functional groups attached to an aromatic ring is 1. The van der Waals surface area contributed by atoms with Crippen LogP contribution in [0.3, 0.4) is 0 Å². The van der Waals surface area contributed by atoms with Gasteiger partial charge in [-0.05, 0) is 51.5 Å². The number of nitrogens with one attached hydrogen (secondary N) is 1. The maximum absolute atomic E-state index is 14.0. The number of carbonyl (C=O) groups is 1. The summed E-state index contributed by atoms with van der Waals surface area (Å²) in [5.41, 5.74) is 5.63. The zero-order valence-electron chi connectivity index (χ0n) is 24.9. The highest BCUT2D eigenvalue weighted by molar-refractivity contribution is 7.57. The minimum atomic E-state index is -3.77. The van der Waals surface area contributed by atoms with Gasteiger partial charge in [0.2, 0.25) is 0 Å². The third-order valence-corrected chi connectivity index (χ3v) is 7.82. The number of imidazole rings is 1. The molecule has 41 heavy (non-hydrogen) atoms. The third kappa shape index (κ3) is 11.2. The molecule has 3 rings (SSSR count). The molecule has 3 aromatic rings. The normalized spacial score (nSPS) is 13.6. The number of carbonyl (C=O) groups excluding carboxylic acids is 1. The largest absolute Gasteiger partial charge is 0.464 e. The Balaban J connectivity index is 0.00000187. The summed E-state index contributed by atoms with van der Waals surface area (Å²) in [5, 5.41) is 3.39. The monoisotopic (exact) mass is 610 g/mol. The second-order valence-electron chi connectivity index (χ2n) is 10.3. The van der Waals surface area contributed by atoms with E-state index < -0.39 is 25.1 Å². The van der Waals surface area contributed by atoms with Crippen molar-refractivity contribution in [3.63, 3.8) is 0 Å². The fourth-order valence-corrected chi connectivity index (χ4v) is 5.83. The van der Waals surface area contributed by atoms with Crippen LogP contribution in [0.15, 0.2) is 36.9 Å². The van der Waals surface area contributed by atoms with E-state index >= 15 is 0 Å². The average molecular weight is 611 g/mol. The Morgan fingerprint density at radius 2 is 1.80 bits per heavy atom. The Morgan fingerprint density at radius 1 is 1.12 bits per heavy atom. The van der Waals surface area contributed by atoms with Crippen molar-refractivity contribution in [3.8, 4) is 5.75 Å². The molecule has 0 aliphatic heterocycles. The molecule has 13 heteroatoms. The van der Waals surface area contributed by atoms with Crippen molar-refractivity contribution in [1.82, 2.24) is 24.6 Å². The quantitative estimate of drug-likeness (QED) is 0.110. The molecule has 1 aromatic carbocycles. The van der Waals surface area contributed by atoms with Gasteiger partial charge in [-0.25, -0.2) is 20.0 Å². The van der Waals surface area contributed by atoms with Crippen LogP contribution in [0.25, 0.3) is 11.2 Å². The molecule has 0 bridgehead atoms. The molecule has 0 amide bonds. The van der Waals surface area contributed by atoms with Crippen LogP contribution in [0.5, 0.6) is 5.75 Å². The molecule has 0 aliphatic rings. The van der Waals surface area contributed by atoms with E-state index in [9.17, 15) is 9.36 Å². The van der Waals surface area contributed by atoms with Gasteiger partial charge in [-0.2, -0.15) is 0 Å². The molecular weight excluding hydrogens is 567 g/mol. The summed E-state index contributed by atoms with van der Waals surface area (Å²) in [7, 11) is -3.77. The third-order valence-electron chi connectivity index (χ3n) is 5.67. The Bertz CT molecular complexity index is 1270. The number of ether oxygens (including phenoxy) is 2. The van der Waals surface area contributed by atoms with Crippen molar-refractivity contribution in [1.29, 1.82) is 0 Å². The van der Waals surface area contributed by atoms with Crippen LogP contribution in [-0.4, -0.2) is 50.1 Å². The molecule has 2 heterocycles. The van der Waals surface area contributed by atoms with Gasteiger partial charge in [-0.15, -0.1) is 0 Å². The van der Waals surface area contributed by atoms with Crippen LogP contribution in [0.1, 0.15) is 73.6 Å². The van der Waals surface area contributed by atoms with Crippen LogP contribution in [0.2, 0.25) is 5.02 Å². The number of rotatable bonds is 15. The smallest absolute Gasteiger partial charge is 0.342 e.